The lowest BCUT2D eigenvalue weighted by Crippen LogP contribution is -2.36. The van der Waals surface area contributed by atoms with E-state index in [4.69, 9.17) is 5.11 Å². The zero-order valence-electron chi connectivity index (χ0n) is 21.1. The fraction of sp³-hybridized carbons (Fsp3) is 0.900. The van der Waals surface area contributed by atoms with E-state index in [9.17, 15) is 14.4 Å². The lowest BCUT2D eigenvalue weighted by molar-refractivity contribution is -0.137. The minimum Gasteiger partial charge on any atom is -0.481 e. The minimum absolute atomic E-state index is 0. The van der Waals surface area contributed by atoms with E-state index in [1.807, 2.05) is 13.8 Å². The first-order chi connectivity index (χ1) is 15.4. The molecular weight excluding hydrogens is 452 g/mol. The second-order valence-corrected chi connectivity index (χ2v) is 9.21. The highest BCUT2D eigenvalue weighted by Gasteiger charge is 2.22. The molecule has 2 amide bonds. The molecule has 0 heterocycles. The van der Waals surface area contributed by atoms with Gasteiger partial charge >= 0.3 is 5.97 Å². The molecule has 36 heavy (non-hydrogen) atoms. The maximum atomic E-state index is 12.5. The van der Waals surface area contributed by atoms with Crippen LogP contribution in [0.25, 0.3) is 0 Å². The van der Waals surface area contributed by atoms with Gasteiger partial charge in [-0.25, -0.2) is 0 Å². The fourth-order valence-corrected chi connectivity index (χ4v) is 3.93. The molecule has 0 fully saturated rings. The van der Waals surface area contributed by atoms with Crippen LogP contribution < -0.4 is 10.6 Å². The van der Waals surface area contributed by atoms with Gasteiger partial charge in [-0.1, -0.05) is 115 Å². The van der Waals surface area contributed by atoms with Crippen molar-refractivity contribution in [3.8, 4) is 0 Å². The second-order valence-electron chi connectivity index (χ2n) is 9.21. The SMILES string of the molecule is C.C.C.C.CCCCCCCCCCCCNC(=O)C(CC)CC(C)C(=O)NCCCCCC(=O)O. The molecule has 2 atom stereocenters. The van der Waals surface area contributed by atoms with Crippen molar-refractivity contribution >= 4 is 17.8 Å². The van der Waals surface area contributed by atoms with Gasteiger partial charge in [0, 0.05) is 31.3 Å². The van der Waals surface area contributed by atoms with Gasteiger partial charge in [-0.15, -0.1) is 0 Å². The molecule has 0 bridgehead atoms. The van der Waals surface area contributed by atoms with Crippen molar-refractivity contribution in [3.05, 3.63) is 0 Å². The van der Waals surface area contributed by atoms with Crippen molar-refractivity contribution in [1.82, 2.24) is 10.6 Å². The smallest absolute Gasteiger partial charge is 0.303 e. The molecule has 6 heteroatoms. The largest absolute Gasteiger partial charge is 0.481 e. The van der Waals surface area contributed by atoms with Crippen LogP contribution in [-0.2, 0) is 14.4 Å². The Bertz CT molecular complexity index is 497. The Kier molecular flexibility index (Phi) is 38.8. The third-order valence-corrected chi connectivity index (χ3v) is 6.15. The molecule has 0 aliphatic heterocycles. The van der Waals surface area contributed by atoms with Crippen molar-refractivity contribution in [2.24, 2.45) is 11.8 Å². The molecular formula is C30H66N2O4. The quantitative estimate of drug-likeness (QED) is 0.125. The molecule has 0 rings (SSSR count). The van der Waals surface area contributed by atoms with Crippen LogP contribution in [0.1, 0.15) is 153 Å². The minimum atomic E-state index is -0.778. The van der Waals surface area contributed by atoms with Crippen LogP contribution in [0.4, 0.5) is 0 Å². The summed E-state index contributed by atoms with van der Waals surface area (Å²) in [5, 5.41) is 14.6. The number of rotatable bonds is 22. The first-order valence-electron chi connectivity index (χ1n) is 13.2. The van der Waals surface area contributed by atoms with Crippen LogP contribution in [-0.4, -0.2) is 36.0 Å². The van der Waals surface area contributed by atoms with Gasteiger partial charge in [0.05, 0.1) is 0 Å². The van der Waals surface area contributed by atoms with Gasteiger partial charge in [-0.3, -0.25) is 14.4 Å². The number of amides is 2. The maximum Gasteiger partial charge on any atom is 0.303 e. The van der Waals surface area contributed by atoms with Gasteiger partial charge in [0.1, 0.15) is 0 Å². The van der Waals surface area contributed by atoms with E-state index in [2.05, 4.69) is 17.6 Å². The van der Waals surface area contributed by atoms with Crippen LogP contribution in [0.3, 0.4) is 0 Å². The normalized spacial score (nSPS) is 11.4. The average molecular weight is 519 g/mol. The number of aliphatic carboxylic acids is 1. The number of nitrogens with one attached hydrogen (secondary N) is 2. The second kappa shape index (κ2) is 31.4. The number of hydrogen-bond donors (Lipinski definition) is 3. The fourth-order valence-electron chi connectivity index (χ4n) is 3.93. The molecule has 0 aliphatic carbocycles. The highest BCUT2D eigenvalue weighted by Crippen LogP contribution is 2.16. The summed E-state index contributed by atoms with van der Waals surface area (Å²) in [4.78, 5) is 35.3. The molecule has 0 saturated heterocycles. The molecule has 0 radical (unpaired) electrons. The van der Waals surface area contributed by atoms with E-state index in [1.165, 1.54) is 51.4 Å². The molecule has 220 valence electrons. The lowest BCUT2D eigenvalue weighted by Gasteiger charge is -2.19. The summed E-state index contributed by atoms with van der Waals surface area (Å²) < 4.78 is 0. The predicted molar refractivity (Wildman–Crippen MR) is 158 cm³/mol. The number of carboxylic acid groups (broad SMARTS) is 1. The molecule has 0 aromatic carbocycles. The van der Waals surface area contributed by atoms with Gasteiger partial charge in [-0.2, -0.15) is 0 Å². The third kappa shape index (κ3) is 27.0. The number of hydrogen-bond acceptors (Lipinski definition) is 3. The van der Waals surface area contributed by atoms with Gasteiger partial charge < -0.3 is 15.7 Å². The summed E-state index contributed by atoms with van der Waals surface area (Å²) >= 11 is 0. The highest BCUT2D eigenvalue weighted by atomic mass is 16.4. The summed E-state index contributed by atoms with van der Waals surface area (Å²) in [7, 11) is 0. The van der Waals surface area contributed by atoms with Gasteiger partial charge in [0.25, 0.3) is 0 Å². The van der Waals surface area contributed by atoms with Crippen molar-refractivity contribution in [2.45, 2.75) is 153 Å². The summed E-state index contributed by atoms with van der Waals surface area (Å²) in [6.45, 7) is 7.40. The Hall–Kier alpha value is -1.59. The summed E-state index contributed by atoms with van der Waals surface area (Å²) in [6.07, 6.45) is 16.5. The van der Waals surface area contributed by atoms with Crippen LogP contribution in [0.15, 0.2) is 0 Å². The van der Waals surface area contributed by atoms with E-state index in [-0.39, 0.29) is 59.8 Å². The highest BCUT2D eigenvalue weighted by molar-refractivity contribution is 5.81. The van der Waals surface area contributed by atoms with Crippen molar-refractivity contribution in [3.63, 3.8) is 0 Å². The molecule has 0 spiro atoms. The van der Waals surface area contributed by atoms with Crippen LogP contribution in [0.2, 0.25) is 0 Å². The third-order valence-electron chi connectivity index (χ3n) is 6.15. The summed E-state index contributed by atoms with van der Waals surface area (Å²) in [5.74, 6) is -1.07. The zero-order valence-corrected chi connectivity index (χ0v) is 21.1. The maximum absolute atomic E-state index is 12.5. The van der Waals surface area contributed by atoms with Gasteiger partial charge in [0.2, 0.25) is 11.8 Å². The molecule has 2 unspecified atom stereocenters. The van der Waals surface area contributed by atoms with Crippen LogP contribution in [0, 0.1) is 11.8 Å². The summed E-state index contributed by atoms with van der Waals surface area (Å²) in [5.41, 5.74) is 0. The number of carboxylic acids is 1. The van der Waals surface area contributed by atoms with Crippen molar-refractivity contribution < 1.29 is 19.5 Å². The van der Waals surface area contributed by atoms with Crippen LogP contribution in [0.5, 0.6) is 0 Å². The Morgan fingerprint density at radius 3 is 1.50 bits per heavy atom. The monoisotopic (exact) mass is 519 g/mol. The number of unbranched alkanes of at least 4 members (excludes halogenated alkanes) is 11. The number of carbonyl (C=O) groups excluding carboxylic acids is 2. The first kappa shape index (κ1) is 44.4. The van der Waals surface area contributed by atoms with E-state index in [0.717, 1.165) is 38.6 Å². The Morgan fingerprint density at radius 1 is 0.639 bits per heavy atom. The van der Waals surface area contributed by atoms with E-state index in [0.29, 0.717) is 19.4 Å². The molecule has 0 aliphatic rings. The van der Waals surface area contributed by atoms with Gasteiger partial charge in [0.15, 0.2) is 0 Å². The molecule has 0 saturated carbocycles. The van der Waals surface area contributed by atoms with E-state index in [1.54, 1.807) is 0 Å². The summed E-state index contributed by atoms with van der Waals surface area (Å²) in [6, 6.07) is 0. The molecule has 6 nitrogen and oxygen atoms in total. The Labute approximate surface area is 226 Å². The molecule has 0 aromatic heterocycles. The van der Waals surface area contributed by atoms with E-state index < -0.39 is 5.97 Å². The standard InChI is InChI=1S/C26H50N2O4.4CH4/c1-4-6-7-8-9-10-11-12-13-16-20-28-26(32)23(5-2)21-22(3)25(31)27-19-17-14-15-18-24(29)30;;;;/h22-23H,4-21H2,1-3H3,(H,27,31)(H,28,32)(H,29,30);4*1H4. The number of carbonyl (C=O) groups is 3. The van der Waals surface area contributed by atoms with Gasteiger partial charge in [-0.05, 0) is 32.1 Å². The Morgan fingerprint density at radius 2 is 1.06 bits per heavy atom. The van der Waals surface area contributed by atoms with Crippen molar-refractivity contribution in [2.75, 3.05) is 13.1 Å². The average Bonchev–Trinajstić information content (AvgIpc) is 2.77. The lowest BCUT2D eigenvalue weighted by atomic mass is 9.92. The van der Waals surface area contributed by atoms with E-state index >= 15 is 0 Å². The predicted octanol–water partition coefficient (Wildman–Crippen LogP) is 8.38. The van der Waals surface area contributed by atoms with Crippen molar-refractivity contribution in [1.29, 1.82) is 0 Å². The Balaban J connectivity index is -0.000000801. The molecule has 0 aromatic rings. The first-order valence-corrected chi connectivity index (χ1v) is 13.2. The zero-order chi connectivity index (χ0) is 24.0. The van der Waals surface area contributed by atoms with Crippen LogP contribution >= 0.6 is 0 Å². The molecule has 3 N–H and O–H groups in total. The topological polar surface area (TPSA) is 95.5 Å².